The normalized spacial score (nSPS) is 12.0. The predicted molar refractivity (Wildman–Crippen MR) is 122 cm³/mol. The van der Waals surface area contributed by atoms with E-state index in [0.29, 0.717) is 34.8 Å². The standard InChI is InChI=1S/C24H22N2O3S/c1-30(16-15-29-19-11-6-3-7-12-19)22-21(27)20-13-8-14-25-23(20)26(24(22)28)17-18-9-4-2-5-10-18/h2-14H,15-17H2,1H3/p+1. The summed E-state index contributed by atoms with van der Waals surface area (Å²) in [5.74, 6) is 1.45. The molecule has 0 saturated heterocycles. The fraction of sp³-hybridized carbons (Fsp3) is 0.167. The maximum absolute atomic E-state index is 13.4. The maximum Gasteiger partial charge on any atom is 0.311 e. The number of hydrogen-bond donors (Lipinski definition) is 1. The zero-order valence-corrected chi connectivity index (χ0v) is 17.5. The van der Waals surface area contributed by atoms with Gasteiger partial charge in [-0.15, -0.1) is 0 Å². The van der Waals surface area contributed by atoms with Crippen molar-refractivity contribution >= 4 is 21.9 Å². The van der Waals surface area contributed by atoms with Crippen LogP contribution in [0.4, 0.5) is 0 Å². The van der Waals surface area contributed by atoms with Gasteiger partial charge in [0.15, 0.2) is 5.75 Å². The number of ether oxygens (including phenoxy) is 1. The van der Waals surface area contributed by atoms with Crippen LogP contribution >= 0.6 is 0 Å². The van der Waals surface area contributed by atoms with E-state index in [0.717, 1.165) is 11.3 Å². The molecule has 4 rings (SSSR count). The average Bonchev–Trinajstić information content (AvgIpc) is 2.78. The molecule has 152 valence electrons. The highest BCUT2D eigenvalue weighted by atomic mass is 32.2. The summed E-state index contributed by atoms with van der Waals surface area (Å²) < 4.78 is 7.45. The van der Waals surface area contributed by atoms with Crippen LogP contribution < -0.4 is 10.3 Å². The summed E-state index contributed by atoms with van der Waals surface area (Å²) in [7, 11) is -0.491. The topological polar surface area (TPSA) is 64.3 Å². The van der Waals surface area contributed by atoms with Gasteiger partial charge in [0.05, 0.1) is 11.9 Å². The van der Waals surface area contributed by atoms with Gasteiger partial charge in [-0.05, 0) is 29.8 Å². The molecule has 5 nitrogen and oxygen atoms in total. The van der Waals surface area contributed by atoms with E-state index in [1.807, 2.05) is 66.9 Å². The number of aromatic hydroxyl groups is 1. The Labute approximate surface area is 177 Å². The molecule has 1 N–H and O–H groups in total. The number of para-hydroxylation sites is 1. The van der Waals surface area contributed by atoms with E-state index < -0.39 is 10.9 Å². The first-order valence-electron chi connectivity index (χ1n) is 9.70. The van der Waals surface area contributed by atoms with Crippen LogP contribution in [0.2, 0.25) is 0 Å². The molecule has 0 aliphatic heterocycles. The van der Waals surface area contributed by atoms with Crippen LogP contribution in [0.15, 0.2) is 88.7 Å². The van der Waals surface area contributed by atoms with Crippen LogP contribution in [0.1, 0.15) is 5.56 Å². The summed E-state index contributed by atoms with van der Waals surface area (Å²) in [5, 5.41) is 11.5. The van der Waals surface area contributed by atoms with Gasteiger partial charge in [-0.2, -0.15) is 0 Å². The van der Waals surface area contributed by atoms with E-state index in [4.69, 9.17) is 4.74 Å². The average molecular weight is 420 g/mol. The Morgan fingerprint density at radius 2 is 1.70 bits per heavy atom. The molecule has 0 saturated carbocycles. The van der Waals surface area contributed by atoms with Crippen molar-refractivity contribution < 1.29 is 9.84 Å². The Hall–Kier alpha value is -3.25. The van der Waals surface area contributed by atoms with Crippen molar-refractivity contribution in [3.8, 4) is 11.5 Å². The largest absolute Gasteiger partial charge is 0.503 e. The number of aromatic nitrogens is 2. The Morgan fingerprint density at radius 1 is 1.00 bits per heavy atom. The first-order valence-corrected chi connectivity index (χ1v) is 11.5. The fourth-order valence-corrected chi connectivity index (χ4v) is 4.76. The summed E-state index contributed by atoms with van der Waals surface area (Å²) in [6.45, 7) is 0.866. The van der Waals surface area contributed by atoms with Crippen molar-refractivity contribution in [2.45, 2.75) is 11.4 Å². The highest BCUT2D eigenvalue weighted by Crippen LogP contribution is 2.29. The van der Waals surface area contributed by atoms with Crippen molar-refractivity contribution in [1.29, 1.82) is 0 Å². The number of benzene rings is 2. The monoisotopic (exact) mass is 419 g/mol. The number of hydrogen-bond acceptors (Lipinski definition) is 4. The Morgan fingerprint density at radius 3 is 2.43 bits per heavy atom. The molecule has 0 radical (unpaired) electrons. The third kappa shape index (κ3) is 4.19. The van der Waals surface area contributed by atoms with E-state index in [1.165, 1.54) is 0 Å². The van der Waals surface area contributed by atoms with Gasteiger partial charge in [0.25, 0.3) is 4.90 Å². The van der Waals surface area contributed by atoms with Crippen LogP contribution in [0.25, 0.3) is 11.0 Å². The minimum atomic E-state index is -0.491. The molecule has 4 aromatic rings. The quantitative estimate of drug-likeness (QED) is 0.463. The van der Waals surface area contributed by atoms with Crippen LogP contribution in [-0.4, -0.2) is 33.3 Å². The third-order valence-electron chi connectivity index (χ3n) is 4.89. The van der Waals surface area contributed by atoms with Crippen LogP contribution in [0, 0.1) is 0 Å². The lowest BCUT2D eigenvalue weighted by molar-refractivity contribution is 0.343. The van der Waals surface area contributed by atoms with E-state index in [9.17, 15) is 9.90 Å². The van der Waals surface area contributed by atoms with Gasteiger partial charge < -0.3 is 9.84 Å². The zero-order valence-electron chi connectivity index (χ0n) is 16.7. The third-order valence-corrected chi connectivity index (χ3v) is 6.73. The highest BCUT2D eigenvalue weighted by Gasteiger charge is 2.29. The van der Waals surface area contributed by atoms with Gasteiger partial charge in [0.1, 0.15) is 30.0 Å². The molecule has 2 aromatic carbocycles. The molecule has 1 atom stereocenters. The lowest BCUT2D eigenvalue weighted by atomic mass is 10.2. The van der Waals surface area contributed by atoms with Crippen molar-refractivity contribution in [2.24, 2.45) is 0 Å². The Kier molecular flexibility index (Phi) is 6.05. The number of pyridine rings is 2. The van der Waals surface area contributed by atoms with Crippen molar-refractivity contribution in [2.75, 3.05) is 18.6 Å². The second-order valence-corrected chi connectivity index (χ2v) is 9.02. The van der Waals surface area contributed by atoms with Crippen molar-refractivity contribution in [1.82, 2.24) is 9.55 Å². The molecule has 0 bridgehead atoms. The van der Waals surface area contributed by atoms with Gasteiger partial charge in [-0.3, -0.25) is 9.36 Å². The summed E-state index contributed by atoms with van der Waals surface area (Å²) in [5.41, 5.74) is 1.30. The molecular formula is C24H23N2O3S+. The second-order valence-electron chi connectivity index (χ2n) is 6.93. The summed E-state index contributed by atoms with van der Waals surface area (Å²) in [6, 6.07) is 23.0. The van der Waals surface area contributed by atoms with Gasteiger partial charge in [0.2, 0.25) is 0 Å². The predicted octanol–water partition coefficient (Wildman–Crippen LogP) is 3.84. The Balaban J connectivity index is 1.67. The van der Waals surface area contributed by atoms with Crippen molar-refractivity contribution in [3.63, 3.8) is 0 Å². The zero-order chi connectivity index (χ0) is 20.9. The minimum Gasteiger partial charge on any atom is -0.503 e. The SMILES string of the molecule is C[S+](CCOc1ccccc1)c1c(O)c2cccnc2n(Cc2ccccc2)c1=O. The first kappa shape index (κ1) is 20.0. The summed E-state index contributed by atoms with van der Waals surface area (Å²) >= 11 is 0. The number of nitrogens with zero attached hydrogens (tertiary/aromatic N) is 2. The smallest absolute Gasteiger partial charge is 0.311 e. The molecule has 0 spiro atoms. The van der Waals surface area contributed by atoms with Gasteiger partial charge in [-0.1, -0.05) is 48.5 Å². The number of rotatable bonds is 7. The van der Waals surface area contributed by atoms with E-state index in [-0.39, 0.29) is 11.3 Å². The molecule has 1 unspecified atom stereocenters. The molecular weight excluding hydrogens is 396 g/mol. The molecule has 2 aromatic heterocycles. The van der Waals surface area contributed by atoms with Crippen LogP contribution in [-0.2, 0) is 17.4 Å². The van der Waals surface area contributed by atoms with Gasteiger partial charge in [0, 0.05) is 17.1 Å². The Bertz CT molecular complexity index is 1190. The van der Waals surface area contributed by atoms with Crippen LogP contribution in [0.3, 0.4) is 0 Å². The molecule has 0 amide bonds. The second kappa shape index (κ2) is 9.05. The van der Waals surface area contributed by atoms with Crippen LogP contribution in [0.5, 0.6) is 11.5 Å². The summed E-state index contributed by atoms with van der Waals surface area (Å²) in [6.07, 6.45) is 3.61. The molecule has 2 heterocycles. The minimum absolute atomic E-state index is 0.0259. The van der Waals surface area contributed by atoms with E-state index in [2.05, 4.69) is 4.98 Å². The molecule has 30 heavy (non-hydrogen) atoms. The van der Waals surface area contributed by atoms with Gasteiger partial charge in [-0.25, -0.2) is 4.98 Å². The van der Waals surface area contributed by atoms with Gasteiger partial charge >= 0.3 is 5.56 Å². The molecule has 6 heteroatoms. The first-order chi connectivity index (χ1) is 14.6. The summed E-state index contributed by atoms with van der Waals surface area (Å²) in [4.78, 5) is 18.2. The lowest BCUT2D eigenvalue weighted by Gasteiger charge is -2.13. The molecule has 0 fully saturated rings. The lowest BCUT2D eigenvalue weighted by Crippen LogP contribution is -2.29. The van der Waals surface area contributed by atoms with E-state index >= 15 is 0 Å². The number of fused-ring (bicyclic) bond motifs is 1. The highest BCUT2D eigenvalue weighted by molar-refractivity contribution is 7.96. The molecule has 0 aliphatic carbocycles. The molecule has 0 aliphatic rings. The van der Waals surface area contributed by atoms with E-state index in [1.54, 1.807) is 22.9 Å². The van der Waals surface area contributed by atoms with Crippen molar-refractivity contribution in [3.05, 3.63) is 94.9 Å². The fourth-order valence-electron chi connectivity index (χ4n) is 3.37. The maximum atomic E-state index is 13.4.